The van der Waals surface area contributed by atoms with Crippen LogP contribution in [0.3, 0.4) is 0 Å². The monoisotopic (exact) mass is 234 g/mol. The average molecular weight is 234 g/mol. The number of hydrogen-bond acceptors (Lipinski definition) is 2. The predicted octanol–water partition coefficient (Wildman–Crippen LogP) is 1.86. The summed E-state index contributed by atoms with van der Waals surface area (Å²) in [6, 6.07) is 8.21. The number of rotatable bonds is 2. The van der Waals surface area contributed by atoms with Gasteiger partial charge in [0.05, 0.1) is 11.0 Å². The van der Waals surface area contributed by atoms with Gasteiger partial charge in [0.2, 0.25) is 0 Å². The van der Waals surface area contributed by atoms with Crippen molar-refractivity contribution in [1.82, 2.24) is 15.0 Å². The molecule has 0 spiro atoms. The lowest BCUT2D eigenvalue weighted by molar-refractivity contribution is 0.732. The van der Waals surface area contributed by atoms with E-state index in [1.807, 2.05) is 42.8 Å². The van der Waals surface area contributed by atoms with Crippen LogP contribution in [0.1, 0.15) is 13.8 Å². The fourth-order valence-electron chi connectivity index (χ4n) is 1.45. The first-order valence-electron chi connectivity index (χ1n) is 5.16. The molecule has 0 atom stereocenters. The van der Waals surface area contributed by atoms with Crippen molar-refractivity contribution in [3.63, 3.8) is 0 Å². The van der Waals surface area contributed by atoms with Crippen LogP contribution < -0.4 is 10.7 Å². The van der Waals surface area contributed by atoms with E-state index in [1.54, 1.807) is 6.33 Å². The molecule has 0 radical (unpaired) electrons. The molecule has 84 valence electrons. The van der Waals surface area contributed by atoms with E-state index in [0.29, 0.717) is 11.2 Å². The van der Waals surface area contributed by atoms with Gasteiger partial charge in [-0.15, -0.1) is 0 Å². The molecule has 1 heterocycles. The van der Waals surface area contributed by atoms with Crippen LogP contribution in [0.15, 0.2) is 30.6 Å². The molecule has 1 aromatic carbocycles. The van der Waals surface area contributed by atoms with Crippen LogP contribution in [0, 0.1) is 0 Å². The molecule has 1 aromatic heterocycles. The zero-order chi connectivity index (χ0) is 11.5. The third-order valence-corrected chi connectivity index (χ3v) is 2.30. The van der Waals surface area contributed by atoms with Crippen LogP contribution in [-0.4, -0.2) is 20.8 Å². The number of fused-ring (bicyclic) bond motifs is 1. The summed E-state index contributed by atoms with van der Waals surface area (Å²) in [7, 11) is 0. The van der Waals surface area contributed by atoms with Gasteiger partial charge in [-0.25, -0.2) is 9.66 Å². The smallest absolute Gasteiger partial charge is 0.185 e. The number of nitrogens with zero attached hydrogens (tertiary/aromatic N) is 2. The first kappa shape index (κ1) is 10.9. The van der Waals surface area contributed by atoms with Gasteiger partial charge in [-0.2, -0.15) is 0 Å². The number of benzene rings is 1. The molecule has 0 fully saturated rings. The van der Waals surface area contributed by atoms with Crippen molar-refractivity contribution in [3.05, 3.63) is 30.6 Å². The lowest BCUT2D eigenvalue weighted by Crippen LogP contribution is -2.37. The van der Waals surface area contributed by atoms with E-state index in [2.05, 4.69) is 15.7 Å². The van der Waals surface area contributed by atoms with Crippen molar-refractivity contribution in [2.45, 2.75) is 19.9 Å². The standard InChI is InChI=1S/C11H14N4S/c1-8(2)13-11(16)14-15-7-12-9-5-3-4-6-10(9)15/h3-8H,1-2H3,(H2,13,14,16). The van der Waals surface area contributed by atoms with Crippen LogP contribution in [0.2, 0.25) is 0 Å². The summed E-state index contributed by atoms with van der Waals surface area (Å²) in [5, 5.41) is 3.71. The van der Waals surface area contributed by atoms with Gasteiger partial charge in [0.25, 0.3) is 0 Å². The SMILES string of the molecule is CC(C)NC(=S)Nn1cnc2ccccc21. The summed E-state index contributed by atoms with van der Waals surface area (Å²) in [5.41, 5.74) is 5.03. The second-order valence-electron chi connectivity index (χ2n) is 3.84. The maximum Gasteiger partial charge on any atom is 0.185 e. The third-order valence-electron chi connectivity index (χ3n) is 2.10. The Morgan fingerprint density at radius 1 is 1.38 bits per heavy atom. The van der Waals surface area contributed by atoms with Crippen molar-refractivity contribution < 1.29 is 0 Å². The van der Waals surface area contributed by atoms with E-state index >= 15 is 0 Å². The summed E-state index contributed by atoms with van der Waals surface area (Å²) >= 11 is 5.17. The second kappa shape index (κ2) is 4.49. The first-order chi connectivity index (χ1) is 7.66. The van der Waals surface area contributed by atoms with Crippen molar-refractivity contribution in [2.24, 2.45) is 0 Å². The molecule has 2 aromatic rings. The Labute approximate surface area is 99.6 Å². The molecule has 0 aliphatic rings. The molecule has 0 unspecified atom stereocenters. The van der Waals surface area contributed by atoms with Crippen LogP contribution in [-0.2, 0) is 0 Å². The number of hydrogen-bond donors (Lipinski definition) is 2. The van der Waals surface area contributed by atoms with E-state index in [4.69, 9.17) is 12.2 Å². The quantitative estimate of drug-likeness (QED) is 0.778. The Morgan fingerprint density at radius 3 is 2.88 bits per heavy atom. The summed E-state index contributed by atoms with van der Waals surface area (Å²) in [6.07, 6.45) is 1.72. The topological polar surface area (TPSA) is 41.9 Å². The minimum Gasteiger partial charge on any atom is -0.359 e. The van der Waals surface area contributed by atoms with Gasteiger partial charge in [-0.1, -0.05) is 12.1 Å². The van der Waals surface area contributed by atoms with Gasteiger partial charge in [-0.3, -0.25) is 5.43 Å². The molecule has 0 saturated heterocycles. The molecule has 4 nitrogen and oxygen atoms in total. The Bertz CT molecular complexity index is 503. The highest BCUT2D eigenvalue weighted by Gasteiger charge is 2.03. The molecule has 0 saturated carbocycles. The molecule has 2 rings (SSSR count). The number of imidazole rings is 1. The van der Waals surface area contributed by atoms with E-state index in [1.165, 1.54) is 0 Å². The molecular formula is C11H14N4S. The molecule has 16 heavy (non-hydrogen) atoms. The van der Waals surface area contributed by atoms with E-state index in [-0.39, 0.29) is 0 Å². The maximum atomic E-state index is 5.17. The molecule has 0 aliphatic heterocycles. The predicted molar refractivity (Wildman–Crippen MR) is 70.0 cm³/mol. The number of nitrogens with one attached hydrogen (secondary N) is 2. The van der Waals surface area contributed by atoms with Crippen molar-refractivity contribution in [1.29, 1.82) is 0 Å². The van der Waals surface area contributed by atoms with Gasteiger partial charge in [0.1, 0.15) is 6.33 Å². The summed E-state index contributed by atoms with van der Waals surface area (Å²) in [6.45, 7) is 4.08. The molecular weight excluding hydrogens is 220 g/mol. The third kappa shape index (κ3) is 2.30. The second-order valence-corrected chi connectivity index (χ2v) is 4.25. The fourth-order valence-corrected chi connectivity index (χ4v) is 1.79. The van der Waals surface area contributed by atoms with Crippen LogP contribution in [0.25, 0.3) is 11.0 Å². The summed E-state index contributed by atoms with van der Waals surface area (Å²) in [5.74, 6) is 0. The fraction of sp³-hybridized carbons (Fsp3) is 0.273. The number of aromatic nitrogens is 2. The highest BCUT2D eigenvalue weighted by molar-refractivity contribution is 7.80. The van der Waals surface area contributed by atoms with Crippen molar-refractivity contribution >= 4 is 28.4 Å². The molecule has 0 amide bonds. The Kier molecular flexibility index (Phi) is 3.05. The maximum absolute atomic E-state index is 5.17. The van der Waals surface area contributed by atoms with Gasteiger partial charge in [0.15, 0.2) is 5.11 Å². The Balaban J connectivity index is 2.18. The summed E-state index contributed by atoms with van der Waals surface area (Å²) in [4.78, 5) is 4.26. The lowest BCUT2D eigenvalue weighted by atomic mass is 10.3. The van der Waals surface area contributed by atoms with Crippen molar-refractivity contribution in [2.75, 3.05) is 5.43 Å². The zero-order valence-electron chi connectivity index (χ0n) is 9.27. The minimum absolute atomic E-state index is 0.315. The van der Waals surface area contributed by atoms with Gasteiger partial charge in [-0.05, 0) is 38.2 Å². The average Bonchev–Trinajstić information content (AvgIpc) is 2.61. The first-order valence-corrected chi connectivity index (χ1v) is 5.57. The molecule has 0 aliphatic carbocycles. The van der Waals surface area contributed by atoms with Crippen molar-refractivity contribution in [3.8, 4) is 0 Å². The van der Waals surface area contributed by atoms with Gasteiger partial charge < -0.3 is 5.32 Å². The normalized spacial score (nSPS) is 10.7. The van der Waals surface area contributed by atoms with Gasteiger partial charge >= 0.3 is 0 Å². The minimum atomic E-state index is 0.315. The number of thiocarbonyl (C=S) groups is 1. The van der Waals surface area contributed by atoms with Crippen LogP contribution in [0.5, 0.6) is 0 Å². The van der Waals surface area contributed by atoms with E-state index in [9.17, 15) is 0 Å². The molecule has 5 heteroatoms. The van der Waals surface area contributed by atoms with E-state index < -0.39 is 0 Å². The zero-order valence-corrected chi connectivity index (χ0v) is 10.1. The highest BCUT2D eigenvalue weighted by Crippen LogP contribution is 2.09. The lowest BCUT2D eigenvalue weighted by Gasteiger charge is -2.13. The Hall–Kier alpha value is -1.62. The Morgan fingerprint density at radius 2 is 2.12 bits per heavy atom. The largest absolute Gasteiger partial charge is 0.359 e. The summed E-state index contributed by atoms with van der Waals surface area (Å²) < 4.78 is 1.81. The van der Waals surface area contributed by atoms with Crippen LogP contribution in [0.4, 0.5) is 0 Å². The molecule has 0 bridgehead atoms. The van der Waals surface area contributed by atoms with Gasteiger partial charge in [0, 0.05) is 6.04 Å². The van der Waals surface area contributed by atoms with Crippen LogP contribution >= 0.6 is 12.2 Å². The van der Waals surface area contributed by atoms with E-state index in [0.717, 1.165) is 11.0 Å². The number of para-hydroxylation sites is 2. The molecule has 2 N–H and O–H groups in total. The highest BCUT2D eigenvalue weighted by atomic mass is 32.1.